The summed E-state index contributed by atoms with van der Waals surface area (Å²) >= 11 is 0. The van der Waals surface area contributed by atoms with Crippen LogP contribution in [0, 0.1) is 0 Å². The van der Waals surface area contributed by atoms with Crippen molar-refractivity contribution in [3.05, 3.63) is 29.8 Å². The van der Waals surface area contributed by atoms with Crippen molar-refractivity contribution >= 4 is 10.0 Å². The molecule has 0 fully saturated rings. The number of hydrogen-bond donors (Lipinski definition) is 0. The standard InChI is InChI=1S/C14H23NO3S/c1-4-5-12-19(16,17)15(2)11-10-13-6-8-14(18-3)9-7-13/h6-9H,4-5,10-12H2,1-3H3. The molecule has 0 aromatic heterocycles. The van der Waals surface area contributed by atoms with E-state index >= 15 is 0 Å². The van der Waals surface area contributed by atoms with Crippen LogP contribution in [0.2, 0.25) is 0 Å². The minimum Gasteiger partial charge on any atom is -0.497 e. The molecule has 1 rings (SSSR count). The normalized spacial score (nSPS) is 11.8. The van der Waals surface area contributed by atoms with Gasteiger partial charge in [-0.3, -0.25) is 0 Å². The molecule has 0 aliphatic carbocycles. The van der Waals surface area contributed by atoms with E-state index in [1.165, 1.54) is 4.31 Å². The fourth-order valence-corrected chi connectivity index (χ4v) is 3.04. The van der Waals surface area contributed by atoms with Crippen molar-refractivity contribution in [3.8, 4) is 5.75 Å². The number of likely N-dealkylation sites (N-methyl/N-ethyl adjacent to an activating group) is 1. The maximum atomic E-state index is 11.9. The molecule has 0 N–H and O–H groups in total. The van der Waals surface area contributed by atoms with E-state index in [-0.39, 0.29) is 5.75 Å². The lowest BCUT2D eigenvalue weighted by Gasteiger charge is -2.17. The van der Waals surface area contributed by atoms with Gasteiger partial charge in [0.25, 0.3) is 0 Å². The number of methoxy groups -OCH3 is 1. The lowest BCUT2D eigenvalue weighted by Crippen LogP contribution is -2.31. The Bertz CT molecular complexity index is 468. The first-order valence-corrected chi connectivity index (χ1v) is 8.17. The molecule has 5 heteroatoms. The molecule has 0 aliphatic heterocycles. The number of rotatable bonds is 8. The first kappa shape index (κ1) is 16.0. The van der Waals surface area contributed by atoms with Crippen LogP contribution in [-0.2, 0) is 16.4 Å². The molecule has 1 aromatic carbocycles. The number of sulfonamides is 1. The van der Waals surface area contributed by atoms with Gasteiger partial charge < -0.3 is 4.74 Å². The van der Waals surface area contributed by atoms with Gasteiger partial charge in [-0.15, -0.1) is 0 Å². The van der Waals surface area contributed by atoms with E-state index in [9.17, 15) is 8.42 Å². The average Bonchev–Trinajstić information content (AvgIpc) is 2.43. The topological polar surface area (TPSA) is 46.6 Å². The maximum absolute atomic E-state index is 11.9. The van der Waals surface area contributed by atoms with E-state index in [4.69, 9.17) is 4.74 Å². The number of ether oxygens (including phenoxy) is 1. The van der Waals surface area contributed by atoms with Crippen LogP contribution in [0.5, 0.6) is 5.75 Å². The predicted molar refractivity (Wildman–Crippen MR) is 78.0 cm³/mol. The molecule has 0 spiro atoms. The molecule has 0 saturated carbocycles. The average molecular weight is 285 g/mol. The molecule has 0 unspecified atom stereocenters. The Balaban J connectivity index is 2.51. The van der Waals surface area contributed by atoms with Crippen molar-refractivity contribution in [2.75, 3.05) is 26.5 Å². The Morgan fingerprint density at radius 1 is 1.21 bits per heavy atom. The Hall–Kier alpha value is -1.07. The summed E-state index contributed by atoms with van der Waals surface area (Å²) in [6.07, 6.45) is 2.33. The number of unbranched alkanes of at least 4 members (excludes halogenated alkanes) is 1. The fraction of sp³-hybridized carbons (Fsp3) is 0.571. The van der Waals surface area contributed by atoms with E-state index in [2.05, 4.69) is 0 Å². The van der Waals surface area contributed by atoms with Crippen LogP contribution in [-0.4, -0.2) is 39.2 Å². The van der Waals surface area contributed by atoms with Gasteiger partial charge in [-0.05, 0) is 30.5 Å². The lowest BCUT2D eigenvalue weighted by molar-refractivity contribution is 0.414. The van der Waals surface area contributed by atoms with E-state index in [1.54, 1.807) is 14.2 Å². The van der Waals surface area contributed by atoms with Crippen LogP contribution in [0.1, 0.15) is 25.3 Å². The molecule has 0 aliphatic rings. The van der Waals surface area contributed by atoms with Crippen LogP contribution in [0.4, 0.5) is 0 Å². The first-order valence-electron chi connectivity index (χ1n) is 6.56. The third-order valence-corrected chi connectivity index (χ3v) is 5.04. The molecule has 0 atom stereocenters. The highest BCUT2D eigenvalue weighted by Crippen LogP contribution is 2.12. The summed E-state index contributed by atoms with van der Waals surface area (Å²) < 4.78 is 30.4. The molecule has 0 radical (unpaired) electrons. The van der Waals surface area contributed by atoms with E-state index in [0.29, 0.717) is 13.0 Å². The summed E-state index contributed by atoms with van der Waals surface area (Å²) in [4.78, 5) is 0. The summed E-state index contributed by atoms with van der Waals surface area (Å²) in [5.41, 5.74) is 1.11. The summed E-state index contributed by atoms with van der Waals surface area (Å²) in [6, 6.07) is 7.71. The zero-order chi connectivity index (χ0) is 14.3. The van der Waals surface area contributed by atoms with E-state index in [0.717, 1.165) is 24.2 Å². The van der Waals surface area contributed by atoms with Gasteiger partial charge in [0, 0.05) is 13.6 Å². The summed E-state index contributed by atoms with van der Waals surface area (Å²) in [5, 5.41) is 0. The molecule has 0 amide bonds. The highest BCUT2D eigenvalue weighted by Gasteiger charge is 2.16. The highest BCUT2D eigenvalue weighted by atomic mass is 32.2. The highest BCUT2D eigenvalue weighted by molar-refractivity contribution is 7.89. The number of hydrogen-bond acceptors (Lipinski definition) is 3. The molecular formula is C14H23NO3S. The van der Waals surface area contributed by atoms with Crippen LogP contribution in [0.25, 0.3) is 0 Å². The quantitative estimate of drug-likeness (QED) is 0.736. The molecule has 0 saturated heterocycles. The zero-order valence-corrected chi connectivity index (χ0v) is 12.7. The van der Waals surface area contributed by atoms with Gasteiger partial charge in [0.1, 0.15) is 5.75 Å². The van der Waals surface area contributed by atoms with Crippen LogP contribution >= 0.6 is 0 Å². The Morgan fingerprint density at radius 2 is 1.84 bits per heavy atom. The SMILES string of the molecule is CCCCS(=O)(=O)N(C)CCc1ccc(OC)cc1. The Kier molecular flexibility index (Phi) is 6.31. The van der Waals surface area contributed by atoms with Gasteiger partial charge >= 0.3 is 0 Å². The van der Waals surface area contributed by atoms with Gasteiger partial charge in [-0.25, -0.2) is 12.7 Å². The molecule has 19 heavy (non-hydrogen) atoms. The van der Waals surface area contributed by atoms with Gasteiger partial charge in [0.05, 0.1) is 12.9 Å². The van der Waals surface area contributed by atoms with Crippen molar-refractivity contribution in [2.24, 2.45) is 0 Å². The third-order valence-electron chi connectivity index (χ3n) is 3.11. The van der Waals surface area contributed by atoms with Crippen molar-refractivity contribution in [1.29, 1.82) is 0 Å². The molecule has 1 aromatic rings. The summed E-state index contributed by atoms with van der Waals surface area (Å²) in [6.45, 7) is 2.51. The zero-order valence-electron chi connectivity index (χ0n) is 11.9. The predicted octanol–water partition coefficient (Wildman–Crippen LogP) is 2.30. The maximum Gasteiger partial charge on any atom is 0.213 e. The second kappa shape index (κ2) is 7.50. The summed E-state index contributed by atoms with van der Waals surface area (Å²) in [7, 11) is 0.179. The van der Waals surface area contributed by atoms with E-state index in [1.807, 2.05) is 31.2 Å². The van der Waals surface area contributed by atoms with Crippen LogP contribution < -0.4 is 4.74 Å². The Labute approximate surface area is 116 Å². The minimum absolute atomic E-state index is 0.239. The third kappa shape index (κ3) is 5.20. The molecule has 4 nitrogen and oxygen atoms in total. The first-order chi connectivity index (χ1) is 8.99. The van der Waals surface area contributed by atoms with Crippen LogP contribution in [0.3, 0.4) is 0 Å². The second-order valence-electron chi connectivity index (χ2n) is 4.59. The van der Waals surface area contributed by atoms with E-state index < -0.39 is 10.0 Å². The van der Waals surface area contributed by atoms with Crippen molar-refractivity contribution in [1.82, 2.24) is 4.31 Å². The molecule has 0 heterocycles. The molecule has 108 valence electrons. The second-order valence-corrected chi connectivity index (χ2v) is 6.78. The summed E-state index contributed by atoms with van der Waals surface area (Å²) in [5.74, 6) is 1.05. The molecule has 0 bridgehead atoms. The van der Waals surface area contributed by atoms with Gasteiger partial charge in [-0.1, -0.05) is 25.5 Å². The van der Waals surface area contributed by atoms with Crippen LogP contribution in [0.15, 0.2) is 24.3 Å². The Morgan fingerprint density at radius 3 is 2.37 bits per heavy atom. The van der Waals surface area contributed by atoms with Crippen molar-refractivity contribution in [2.45, 2.75) is 26.2 Å². The van der Waals surface area contributed by atoms with Gasteiger partial charge in [0.15, 0.2) is 0 Å². The number of benzene rings is 1. The van der Waals surface area contributed by atoms with Gasteiger partial charge in [-0.2, -0.15) is 0 Å². The largest absolute Gasteiger partial charge is 0.497 e. The minimum atomic E-state index is -3.10. The fourth-order valence-electron chi connectivity index (χ4n) is 1.70. The number of nitrogens with zero attached hydrogens (tertiary/aromatic N) is 1. The van der Waals surface area contributed by atoms with Crippen molar-refractivity contribution < 1.29 is 13.2 Å². The molecular weight excluding hydrogens is 262 g/mol. The van der Waals surface area contributed by atoms with Gasteiger partial charge in [0.2, 0.25) is 10.0 Å². The van der Waals surface area contributed by atoms with Crippen molar-refractivity contribution in [3.63, 3.8) is 0 Å². The monoisotopic (exact) mass is 285 g/mol. The smallest absolute Gasteiger partial charge is 0.213 e. The lowest BCUT2D eigenvalue weighted by atomic mass is 10.1.